The van der Waals surface area contributed by atoms with Crippen molar-refractivity contribution in [3.8, 4) is 0 Å². The molecule has 0 saturated heterocycles. The van der Waals surface area contributed by atoms with Crippen molar-refractivity contribution in [1.29, 1.82) is 0 Å². The van der Waals surface area contributed by atoms with Gasteiger partial charge in [0.15, 0.2) is 5.13 Å². The topological polar surface area (TPSA) is 49.8 Å². The molecule has 0 saturated carbocycles. The molecule has 1 aliphatic rings. The van der Waals surface area contributed by atoms with Gasteiger partial charge in [0.1, 0.15) is 0 Å². The lowest BCUT2D eigenvalue weighted by molar-refractivity contribution is 0.208. The van der Waals surface area contributed by atoms with Gasteiger partial charge in [-0.05, 0) is 18.2 Å². The monoisotopic (exact) mass is 288 g/mol. The summed E-state index contributed by atoms with van der Waals surface area (Å²) in [7, 11) is 1.68. The Kier molecular flexibility index (Phi) is 3.94. The highest BCUT2D eigenvalue weighted by molar-refractivity contribution is 7.22. The minimum absolute atomic E-state index is 0.614. The maximum absolute atomic E-state index is 5.04. The van der Waals surface area contributed by atoms with Gasteiger partial charge in [-0.15, -0.1) is 0 Å². The predicted molar refractivity (Wildman–Crippen MR) is 83.4 cm³/mol. The van der Waals surface area contributed by atoms with Gasteiger partial charge in [-0.2, -0.15) is 0 Å². The fourth-order valence-corrected chi connectivity index (χ4v) is 2.95. The molecule has 0 atom stereocenters. The highest BCUT2D eigenvalue weighted by atomic mass is 32.1. The number of ether oxygens (including phenoxy) is 1. The van der Waals surface area contributed by atoms with E-state index in [1.807, 2.05) is 24.4 Å². The first-order valence-electron chi connectivity index (χ1n) is 6.46. The van der Waals surface area contributed by atoms with Crippen molar-refractivity contribution in [2.24, 2.45) is 4.99 Å². The Labute approximate surface area is 121 Å². The zero-order valence-corrected chi connectivity index (χ0v) is 12.1. The van der Waals surface area contributed by atoms with E-state index >= 15 is 0 Å². The van der Waals surface area contributed by atoms with Crippen molar-refractivity contribution >= 4 is 32.6 Å². The molecule has 1 aliphatic heterocycles. The van der Waals surface area contributed by atoms with Crippen LogP contribution in [0, 0.1) is 0 Å². The molecule has 6 heteroatoms. The van der Waals surface area contributed by atoms with Crippen molar-refractivity contribution in [2.75, 3.05) is 31.7 Å². The Hall–Kier alpha value is -1.92. The standard InChI is InChI=1S/C14H16N4OS/c1-19-10-8-16-13-15-7-4-9-18(13)14-17-11-5-2-3-6-12(11)20-14/h2-7H,8-10H2,1H3,(H,15,16). The number of benzene rings is 1. The molecule has 5 nitrogen and oxygen atoms in total. The number of hydrogen-bond donors (Lipinski definition) is 1. The van der Waals surface area contributed by atoms with Crippen LogP contribution in [0.1, 0.15) is 0 Å². The predicted octanol–water partition coefficient (Wildman–Crippen LogP) is 2.22. The van der Waals surface area contributed by atoms with E-state index in [0.717, 1.165) is 23.2 Å². The van der Waals surface area contributed by atoms with E-state index in [9.17, 15) is 0 Å². The lowest BCUT2D eigenvalue weighted by Gasteiger charge is -2.25. The zero-order valence-electron chi connectivity index (χ0n) is 11.2. The summed E-state index contributed by atoms with van der Waals surface area (Å²) in [5.41, 5.74) is 1.03. The summed E-state index contributed by atoms with van der Waals surface area (Å²) in [6.45, 7) is 2.02. The molecule has 3 rings (SSSR count). The number of methoxy groups -OCH3 is 1. The van der Waals surface area contributed by atoms with Gasteiger partial charge in [0.05, 0.1) is 23.4 Å². The van der Waals surface area contributed by atoms with Gasteiger partial charge in [-0.1, -0.05) is 23.5 Å². The molecule has 1 N–H and O–H groups in total. The number of aliphatic imine (C=N–C) groups is 1. The van der Waals surface area contributed by atoms with Crippen LogP contribution in [0.4, 0.5) is 5.13 Å². The van der Waals surface area contributed by atoms with Gasteiger partial charge in [0.25, 0.3) is 0 Å². The fraction of sp³-hybridized carbons (Fsp3) is 0.286. The van der Waals surface area contributed by atoms with Crippen LogP contribution < -0.4 is 10.2 Å². The molecule has 1 aromatic heterocycles. The summed E-state index contributed by atoms with van der Waals surface area (Å²) in [5, 5.41) is 4.14. The molecule has 0 bridgehead atoms. The molecule has 104 valence electrons. The number of aromatic nitrogens is 1. The molecule has 0 unspecified atom stereocenters. The maximum Gasteiger partial charge on any atom is 0.204 e. The Balaban J connectivity index is 1.89. The van der Waals surface area contributed by atoms with E-state index in [0.29, 0.717) is 13.2 Å². The van der Waals surface area contributed by atoms with E-state index in [-0.39, 0.29) is 0 Å². The van der Waals surface area contributed by atoms with Crippen molar-refractivity contribution < 1.29 is 4.74 Å². The number of para-hydroxylation sites is 1. The number of anilines is 1. The number of hydrogen-bond acceptors (Lipinski definition) is 4. The molecule has 2 aromatic rings. The SMILES string of the molecule is COCCN=C1NC=CCN1c1nc2ccccc2s1. The summed E-state index contributed by atoms with van der Waals surface area (Å²) in [6.07, 6.45) is 3.97. The summed E-state index contributed by atoms with van der Waals surface area (Å²) in [6, 6.07) is 8.16. The second kappa shape index (κ2) is 6.02. The first kappa shape index (κ1) is 13.1. The van der Waals surface area contributed by atoms with Crippen LogP contribution in [0.3, 0.4) is 0 Å². The van der Waals surface area contributed by atoms with E-state index in [1.165, 1.54) is 4.70 Å². The minimum Gasteiger partial charge on any atom is -0.383 e. The van der Waals surface area contributed by atoms with Crippen molar-refractivity contribution in [3.63, 3.8) is 0 Å². The third-order valence-electron chi connectivity index (χ3n) is 2.94. The van der Waals surface area contributed by atoms with Crippen molar-refractivity contribution in [3.05, 3.63) is 36.5 Å². The van der Waals surface area contributed by atoms with Crippen LogP contribution in [0.5, 0.6) is 0 Å². The Morgan fingerprint density at radius 1 is 1.45 bits per heavy atom. The second-order valence-electron chi connectivity index (χ2n) is 4.32. The van der Waals surface area contributed by atoms with Gasteiger partial charge in [0.2, 0.25) is 5.96 Å². The van der Waals surface area contributed by atoms with Crippen LogP contribution in [0.15, 0.2) is 41.5 Å². The number of nitrogens with zero attached hydrogens (tertiary/aromatic N) is 3. The molecule has 0 fully saturated rings. The third-order valence-corrected chi connectivity index (χ3v) is 4.00. The number of thiazole rings is 1. The normalized spacial score (nSPS) is 16.9. The summed E-state index contributed by atoms with van der Waals surface area (Å²) >= 11 is 1.68. The average molecular weight is 288 g/mol. The second-order valence-corrected chi connectivity index (χ2v) is 5.33. The molecule has 0 radical (unpaired) electrons. The van der Waals surface area contributed by atoms with Crippen LogP contribution in [0.2, 0.25) is 0 Å². The van der Waals surface area contributed by atoms with Crippen molar-refractivity contribution in [1.82, 2.24) is 10.3 Å². The zero-order chi connectivity index (χ0) is 13.8. The first-order valence-corrected chi connectivity index (χ1v) is 7.28. The van der Waals surface area contributed by atoms with E-state index in [1.54, 1.807) is 18.4 Å². The van der Waals surface area contributed by atoms with Crippen LogP contribution >= 0.6 is 11.3 Å². The molecule has 0 spiro atoms. The Bertz CT molecular complexity index is 616. The average Bonchev–Trinajstić information content (AvgIpc) is 2.92. The molecule has 0 amide bonds. The summed E-state index contributed by atoms with van der Waals surface area (Å²) in [4.78, 5) is 11.3. The summed E-state index contributed by atoms with van der Waals surface area (Å²) in [5.74, 6) is 0.823. The number of nitrogens with one attached hydrogen (secondary N) is 1. The maximum atomic E-state index is 5.04. The molecule has 0 aliphatic carbocycles. The van der Waals surface area contributed by atoms with Gasteiger partial charge >= 0.3 is 0 Å². The van der Waals surface area contributed by atoms with Gasteiger partial charge in [-0.25, -0.2) is 4.98 Å². The number of fused-ring (bicyclic) bond motifs is 1. The molecular weight excluding hydrogens is 272 g/mol. The molecular formula is C14H16N4OS. The molecule has 20 heavy (non-hydrogen) atoms. The fourth-order valence-electron chi connectivity index (χ4n) is 1.97. The van der Waals surface area contributed by atoms with Gasteiger partial charge in [0, 0.05) is 19.9 Å². The van der Waals surface area contributed by atoms with E-state index < -0.39 is 0 Å². The molecule has 1 aromatic carbocycles. The minimum atomic E-state index is 0.614. The van der Waals surface area contributed by atoms with Gasteiger partial charge in [-0.3, -0.25) is 9.89 Å². The largest absolute Gasteiger partial charge is 0.383 e. The van der Waals surface area contributed by atoms with Crippen LogP contribution in [-0.4, -0.2) is 37.7 Å². The van der Waals surface area contributed by atoms with E-state index in [2.05, 4.69) is 32.3 Å². The van der Waals surface area contributed by atoms with Gasteiger partial charge < -0.3 is 10.1 Å². The number of guanidine groups is 1. The quantitative estimate of drug-likeness (QED) is 0.877. The summed E-state index contributed by atoms with van der Waals surface area (Å²) < 4.78 is 6.23. The lowest BCUT2D eigenvalue weighted by atomic mass is 10.3. The first-order chi connectivity index (χ1) is 9.88. The number of rotatable bonds is 4. The van der Waals surface area contributed by atoms with E-state index in [4.69, 9.17) is 4.74 Å². The highest BCUT2D eigenvalue weighted by Crippen LogP contribution is 2.29. The lowest BCUT2D eigenvalue weighted by Crippen LogP contribution is -2.42. The Morgan fingerprint density at radius 2 is 2.35 bits per heavy atom. The Morgan fingerprint density at radius 3 is 3.20 bits per heavy atom. The van der Waals surface area contributed by atoms with Crippen molar-refractivity contribution in [2.45, 2.75) is 0 Å². The smallest absolute Gasteiger partial charge is 0.204 e. The third kappa shape index (κ3) is 2.66. The van der Waals surface area contributed by atoms with Crippen LogP contribution in [0.25, 0.3) is 10.2 Å². The highest BCUT2D eigenvalue weighted by Gasteiger charge is 2.18. The molecule has 2 heterocycles. The van der Waals surface area contributed by atoms with Crippen LogP contribution in [-0.2, 0) is 4.74 Å².